The molecular formula is C28H37N3O7. The maximum atomic E-state index is 13.1. The van der Waals surface area contributed by atoms with E-state index in [-0.39, 0.29) is 77.3 Å². The van der Waals surface area contributed by atoms with E-state index in [1.165, 1.54) is 9.80 Å². The van der Waals surface area contributed by atoms with Gasteiger partial charge in [0.25, 0.3) is 0 Å². The standard InChI is InChI=1S/C28H37N3O7/c1-38-25-7-5-21(6-8-25)17-23-3-2-4-26-22(19-27(36)29(9-13-32)10-14-33)18-24(31(23)26)20-28(37)30(11-15-34)12-16-35/h2-8,17-18,24,32-35H,9-16,19-20H2,1H3. The first kappa shape index (κ1) is 29.1. The summed E-state index contributed by atoms with van der Waals surface area (Å²) in [5.41, 5.74) is 3.31. The number of aliphatic hydroxyl groups excluding tert-OH is 4. The summed E-state index contributed by atoms with van der Waals surface area (Å²) in [6.07, 6.45) is 9.76. The lowest BCUT2D eigenvalue weighted by Crippen LogP contribution is -2.40. The second kappa shape index (κ2) is 14.5. The van der Waals surface area contributed by atoms with Crippen molar-refractivity contribution in [2.45, 2.75) is 18.9 Å². The Hall–Kier alpha value is -3.44. The molecule has 4 N–H and O–H groups in total. The van der Waals surface area contributed by atoms with Crippen LogP contribution in [-0.4, -0.2) is 113 Å². The number of aliphatic hydroxyl groups is 4. The summed E-state index contributed by atoms with van der Waals surface area (Å²) in [5.74, 6) is 0.286. The summed E-state index contributed by atoms with van der Waals surface area (Å²) in [6.45, 7) is -0.353. The van der Waals surface area contributed by atoms with Crippen molar-refractivity contribution < 1.29 is 34.8 Å². The van der Waals surface area contributed by atoms with E-state index >= 15 is 0 Å². The van der Waals surface area contributed by atoms with Gasteiger partial charge in [-0.2, -0.15) is 0 Å². The van der Waals surface area contributed by atoms with Gasteiger partial charge in [-0.25, -0.2) is 0 Å². The number of nitrogens with zero attached hydrogens (tertiary/aromatic N) is 3. The van der Waals surface area contributed by atoms with E-state index in [0.717, 1.165) is 28.3 Å². The number of carbonyl (C=O) groups is 2. The van der Waals surface area contributed by atoms with E-state index in [0.29, 0.717) is 0 Å². The van der Waals surface area contributed by atoms with Gasteiger partial charge >= 0.3 is 0 Å². The molecule has 2 amide bonds. The largest absolute Gasteiger partial charge is 0.497 e. The molecule has 3 rings (SSSR count). The van der Waals surface area contributed by atoms with Gasteiger partial charge in [-0.3, -0.25) is 9.59 Å². The molecular weight excluding hydrogens is 490 g/mol. The number of allylic oxidation sites excluding steroid dienone is 4. The Kier molecular flexibility index (Phi) is 11.1. The van der Waals surface area contributed by atoms with Gasteiger partial charge in [0.1, 0.15) is 5.75 Å². The van der Waals surface area contributed by atoms with Crippen molar-refractivity contribution in [3.05, 3.63) is 71.1 Å². The molecule has 10 heteroatoms. The molecule has 0 bridgehead atoms. The van der Waals surface area contributed by atoms with Crippen LogP contribution in [0.2, 0.25) is 0 Å². The highest BCUT2D eigenvalue weighted by Crippen LogP contribution is 2.38. The van der Waals surface area contributed by atoms with E-state index in [9.17, 15) is 30.0 Å². The minimum Gasteiger partial charge on any atom is -0.497 e. The summed E-state index contributed by atoms with van der Waals surface area (Å²) >= 11 is 0. The van der Waals surface area contributed by atoms with Gasteiger partial charge in [0.15, 0.2) is 0 Å². The number of fused-ring (bicyclic) bond motifs is 1. The second-order valence-corrected chi connectivity index (χ2v) is 8.92. The lowest BCUT2D eigenvalue weighted by molar-refractivity contribution is -0.133. The lowest BCUT2D eigenvalue weighted by Gasteiger charge is -2.33. The fourth-order valence-corrected chi connectivity index (χ4v) is 4.64. The topological polar surface area (TPSA) is 134 Å². The molecule has 0 radical (unpaired) electrons. The summed E-state index contributed by atoms with van der Waals surface area (Å²) in [6, 6.07) is 7.19. The summed E-state index contributed by atoms with van der Waals surface area (Å²) in [7, 11) is 1.61. The van der Waals surface area contributed by atoms with E-state index in [1.807, 2.05) is 59.5 Å². The molecule has 38 heavy (non-hydrogen) atoms. The summed E-state index contributed by atoms with van der Waals surface area (Å²) in [4.78, 5) is 31.0. The first-order valence-electron chi connectivity index (χ1n) is 12.7. The molecule has 0 aliphatic carbocycles. The van der Waals surface area contributed by atoms with Gasteiger partial charge in [-0.05, 0) is 41.5 Å². The Morgan fingerprint density at radius 3 is 2.05 bits per heavy atom. The predicted molar refractivity (Wildman–Crippen MR) is 143 cm³/mol. The molecule has 1 unspecified atom stereocenters. The Balaban J connectivity index is 1.93. The van der Waals surface area contributed by atoms with Crippen LogP contribution in [-0.2, 0) is 9.59 Å². The van der Waals surface area contributed by atoms with Crippen molar-refractivity contribution in [3.8, 4) is 5.75 Å². The number of rotatable bonds is 14. The Morgan fingerprint density at radius 2 is 1.50 bits per heavy atom. The van der Waals surface area contributed by atoms with Crippen LogP contribution in [0.3, 0.4) is 0 Å². The van der Waals surface area contributed by atoms with Crippen LogP contribution in [0, 0.1) is 0 Å². The van der Waals surface area contributed by atoms with Crippen molar-refractivity contribution in [1.29, 1.82) is 0 Å². The zero-order valence-corrected chi connectivity index (χ0v) is 21.7. The predicted octanol–water partition coefficient (Wildman–Crippen LogP) is 0.507. The number of hydrogen-bond acceptors (Lipinski definition) is 8. The molecule has 0 aromatic heterocycles. The zero-order chi connectivity index (χ0) is 27.5. The Bertz CT molecular complexity index is 1070. The van der Waals surface area contributed by atoms with Gasteiger partial charge in [-0.15, -0.1) is 0 Å². The van der Waals surface area contributed by atoms with Gasteiger partial charge < -0.3 is 39.9 Å². The number of carbonyl (C=O) groups excluding carboxylic acids is 2. The molecule has 0 saturated heterocycles. The molecule has 2 aliphatic rings. The number of hydrogen-bond donors (Lipinski definition) is 4. The maximum absolute atomic E-state index is 13.1. The average molecular weight is 528 g/mol. The zero-order valence-electron chi connectivity index (χ0n) is 21.7. The molecule has 2 heterocycles. The van der Waals surface area contributed by atoms with E-state index in [2.05, 4.69) is 0 Å². The molecule has 10 nitrogen and oxygen atoms in total. The van der Waals surface area contributed by atoms with Crippen LogP contribution in [0.5, 0.6) is 5.75 Å². The van der Waals surface area contributed by atoms with Gasteiger partial charge in [0, 0.05) is 37.6 Å². The Morgan fingerprint density at radius 1 is 0.921 bits per heavy atom. The third-order valence-electron chi connectivity index (χ3n) is 6.45. The molecule has 1 aromatic carbocycles. The van der Waals surface area contributed by atoms with Crippen molar-refractivity contribution >= 4 is 17.9 Å². The lowest BCUT2D eigenvalue weighted by atomic mass is 10.1. The molecule has 0 saturated carbocycles. The minimum atomic E-state index is -0.394. The highest BCUT2D eigenvalue weighted by Gasteiger charge is 2.35. The van der Waals surface area contributed by atoms with Crippen LogP contribution < -0.4 is 4.74 Å². The van der Waals surface area contributed by atoms with E-state index < -0.39 is 6.04 Å². The van der Waals surface area contributed by atoms with Gasteiger partial charge in [0.2, 0.25) is 11.8 Å². The van der Waals surface area contributed by atoms with Crippen molar-refractivity contribution in [3.63, 3.8) is 0 Å². The molecule has 206 valence electrons. The second-order valence-electron chi connectivity index (χ2n) is 8.92. The van der Waals surface area contributed by atoms with Crippen LogP contribution in [0.4, 0.5) is 0 Å². The number of benzene rings is 1. The SMILES string of the molecule is COc1ccc(C=C2C=CC=C3C(CC(=O)N(CCO)CCO)=CC(CC(=O)N(CCO)CCO)N23)cc1. The fraction of sp³-hybridized carbons (Fsp3) is 0.429. The minimum absolute atomic E-state index is 0.0493. The summed E-state index contributed by atoms with van der Waals surface area (Å²) < 4.78 is 5.25. The molecule has 1 atom stereocenters. The van der Waals surface area contributed by atoms with E-state index in [1.54, 1.807) is 7.11 Å². The maximum Gasteiger partial charge on any atom is 0.227 e. The number of ether oxygens (including phenoxy) is 1. The third-order valence-corrected chi connectivity index (χ3v) is 6.45. The quantitative estimate of drug-likeness (QED) is 0.275. The monoisotopic (exact) mass is 527 g/mol. The number of methoxy groups -OCH3 is 1. The highest BCUT2D eigenvalue weighted by molar-refractivity contribution is 5.82. The van der Waals surface area contributed by atoms with Crippen LogP contribution in [0.25, 0.3) is 6.08 Å². The first-order valence-corrected chi connectivity index (χ1v) is 12.7. The smallest absolute Gasteiger partial charge is 0.227 e. The van der Waals surface area contributed by atoms with Crippen LogP contribution in [0.15, 0.2) is 65.5 Å². The van der Waals surface area contributed by atoms with E-state index in [4.69, 9.17) is 4.74 Å². The van der Waals surface area contributed by atoms with Crippen LogP contribution in [0.1, 0.15) is 18.4 Å². The highest BCUT2D eigenvalue weighted by atomic mass is 16.5. The normalized spacial score (nSPS) is 17.2. The summed E-state index contributed by atoms with van der Waals surface area (Å²) in [5, 5.41) is 37.4. The molecule has 1 aromatic rings. The van der Waals surface area contributed by atoms with Crippen molar-refractivity contribution in [2.24, 2.45) is 0 Å². The molecule has 0 fully saturated rings. The van der Waals surface area contributed by atoms with Gasteiger partial charge in [-0.1, -0.05) is 24.3 Å². The van der Waals surface area contributed by atoms with Crippen molar-refractivity contribution in [1.82, 2.24) is 14.7 Å². The molecule has 0 spiro atoms. The number of amides is 2. The first-order chi connectivity index (χ1) is 18.4. The van der Waals surface area contributed by atoms with Crippen molar-refractivity contribution in [2.75, 3.05) is 59.7 Å². The van der Waals surface area contributed by atoms with Crippen LogP contribution >= 0.6 is 0 Å². The average Bonchev–Trinajstić information content (AvgIpc) is 3.26. The fourth-order valence-electron chi connectivity index (χ4n) is 4.64. The molecule has 2 aliphatic heterocycles. The van der Waals surface area contributed by atoms with Gasteiger partial charge in [0.05, 0.1) is 52.4 Å². The Labute approximate surface area is 223 Å². The third kappa shape index (κ3) is 7.32.